The molecule has 1 aliphatic rings. The molecule has 0 saturated carbocycles. The van der Waals surface area contributed by atoms with Crippen LogP contribution in [0.15, 0.2) is 35.2 Å². The van der Waals surface area contributed by atoms with Gasteiger partial charge in [0.05, 0.1) is 28.1 Å². The van der Waals surface area contributed by atoms with Crippen LogP contribution in [0.25, 0.3) is 0 Å². The van der Waals surface area contributed by atoms with Gasteiger partial charge in [0.25, 0.3) is 10.0 Å². The molecule has 0 amide bonds. The minimum Gasteiger partial charge on any atom is -0.264 e. The van der Waals surface area contributed by atoms with Crippen molar-refractivity contribution in [3.8, 4) is 0 Å². The van der Waals surface area contributed by atoms with Gasteiger partial charge in [-0.25, -0.2) is 21.5 Å². The third kappa shape index (κ3) is 3.93. The van der Waals surface area contributed by atoms with Crippen molar-refractivity contribution in [2.45, 2.75) is 44.0 Å². The fourth-order valence-electron chi connectivity index (χ4n) is 3.07. The van der Waals surface area contributed by atoms with Crippen LogP contribution in [0.5, 0.6) is 0 Å². The van der Waals surface area contributed by atoms with Gasteiger partial charge < -0.3 is 0 Å². The number of hydrogen-bond donors (Lipinski definition) is 1. The molecule has 1 aliphatic heterocycles. The lowest BCUT2D eigenvalue weighted by atomic mass is 10.0. The van der Waals surface area contributed by atoms with Crippen LogP contribution in [0.2, 0.25) is 0 Å². The number of nitrogens with one attached hydrogen (secondary N) is 1. The highest BCUT2D eigenvalue weighted by atomic mass is 32.2. The molecule has 1 atom stereocenters. The van der Waals surface area contributed by atoms with Gasteiger partial charge in [-0.1, -0.05) is 26.0 Å². The minimum atomic E-state index is -3.78. The molecule has 1 saturated heterocycles. The number of aryl methyl sites for hydroxylation is 1. The van der Waals surface area contributed by atoms with E-state index in [1.165, 1.54) is 4.68 Å². The van der Waals surface area contributed by atoms with Crippen LogP contribution in [0, 0.1) is 6.92 Å². The van der Waals surface area contributed by atoms with E-state index in [9.17, 15) is 16.8 Å². The third-order valence-corrected chi connectivity index (χ3v) is 7.63. The molecule has 1 aromatic heterocycles. The first-order valence-corrected chi connectivity index (χ1v) is 11.8. The van der Waals surface area contributed by atoms with E-state index < -0.39 is 19.9 Å². The van der Waals surface area contributed by atoms with E-state index in [4.69, 9.17) is 0 Å². The zero-order valence-corrected chi connectivity index (χ0v) is 16.6. The van der Waals surface area contributed by atoms with Crippen LogP contribution >= 0.6 is 0 Å². The zero-order valence-electron chi connectivity index (χ0n) is 15.0. The molecule has 1 N–H and O–H groups in total. The van der Waals surface area contributed by atoms with Gasteiger partial charge in [0.1, 0.15) is 5.82 Å². The monoisotopic (exact) mass is 397 g/mol. The summed E-state index contributed by atoms with van der Waals surface area (Å²) in [7, 11) is -6.88. The maximum atomic E-state index is 12.7. The van der Waals surface area contributed by atoms with Crippen molar-refractivity contribution in [1.82, 2.24) is 9.78 Å². The number of anilines is 1. The molecule has 2 heterocycles. The Hall–Kier alpha value is -1.87. The van der Waals surface area contributed by atoms with Gasteiger partial charge in [-0.2, -0.15) is 5.10 Å². The summed E-state index contributed by atoms with van der Waals surface area (Å²) in [4.78, 5) is 0.159. The van der Waals surface area contributed by atoms with Gasteiger partial charge in [-0.15, -0.1) is 0 Å². The number of benzene rings is 1. The molecule has 0 spiro atoms. The normalized spacial score (nSPS) is 19.8. The van der Waals surface area contributed by atoms with Crippen LogP contribution in [0.4, 0.5) is 5.82 Å². The first-order chi connectivity index (χ1) is 12.1. The Labute approximate surface area is 154 Å². The minimum absolute atomic E-state index is 0.0219. The molecule has 142 valence electrons. The molecule has 9 heteroatoms. The van der Waals surface area contributed by atoms with Crippen LogP contribution in [0.1, 0.15) is 43.5 Å². The number of aromatic nitrogens is 2. The Morgan fingerprint density at radius 2 is 1.88 bits per heavy atom. The van der Waals surface area contributed by atoms with Crippen LogP contribution in [-0.4, -0.2) is 38.1 Å². The van der Waals surface area contributed by atoms with E-state index in [1.807, 2.05) is 13.8 Å². The Bertz CT molecular complexity index is 1010. The topological polar surface area (TPSA) is 98.1 Å². The Kier molecular flexibility index (Phi) is 4.87. The maximum absolute atomic E-state index is 12.7. The van der Waals surface area contributed by atoms with Crippen molar-refractivity contribution in [1.29, 1.82) is 0 Å². The van der Waals surface area contributed by atoms with E-state index in [1.54, 1.807) is 37.3 Å². The fourth-order valence-corrected chi connectivity index (χ4v) is 5.80. The molecule has 1 fully saturated rings. The lowest BCUT2D eigenvalue weighted by molar-refractivity contribution is 0.503. The predicted octanol–water partition coefficient (Wildman–Crippen LogP) is 2.48. The summed E-state index contributed by atoms with van der Waals surface area (Å²) in [6.07, 6.45) is 0.432. The van der Waals surface area contributed by atoms with Crippen LogP contribution in [-0.2, 0) is 19.9 Å². The molecule has 0 aliphatic carbocycles. The summed E-state index contributed by atoms with van der Waals surface area (Å²) in [6.45, 7) is 5.83. The summed E-state index contributed by atoms with van der Waals surface area (Å²) in [5, 5.41) is 4.30. The van der Waals surface area contributed by atoms with E-state index in [0.717, 1.165) is 5.56 Å². The largest absolute Gasteiger partial charge is 0.264 e. The SMILES string of the molecule is Cc1cc(NS(=O)(=O)c2ccc(C(C)C)cc2)n([C@@H]2CCS(=O)(=O)C2)n1. The first-order valence-electron chi connectivity index (χ1n) is 8.47. The average molecular weight is 398 g/mol. The zero-order chi connectivity index (χ0) is 19.1. The van der Waals surface area contributed by atoms with E-state index in [2.05, 4.69) is 9.82 Å². The Morgan fingerprint density at radius 3 is 2.42 bits per heavy atom. The number of rotatable bonds is 5. The quantitative estimate of drug-likeness (QED) is 0.836. The van der Waals surface area contributed by atoms with E-state index in [0.29, 0.717) is 18.0 Å². The highest BCUT2D eigenvalue weighted by Crippen LogP contribution is 2.28. The standard InChI is InChI=1S/C17H23N3O4S2/c1-12(2)14-4-6-16(7-5-14)26(23,24)19-17-10-13(3)18-20(17)15-8-9-25(21,22)11-15/h4-7,10,12,15,19H,8-9,11H2,1-3H3/t15-/m1/s1. The summed E-state index contributed by atoms with van der Waals surface area (Å²) >= 11 is 0. The van der Waals surface area contributed by atoms with Gasteiger partial charge in [0.15, 0.2) is 9.84 Å². The summed E-state index contributed by atoms with van der Waals surface area (Å²) in [5.74, 6) is 0.677. The summed E-state index contributed by atoms with van der Waals surface area (Å²) in [6, 6.07) is 8.01. The number of sulfonamides is 1. The highest BCUT2D eigenvalue weighted by Gasteiger charge is 2.32. The lowest BCUT2D eigenvalue weighted by Crippen LogP contribution is -2.20. The lowest BCUT2D eigenvalue weighted by Gasteiger charge is -2.15. The van der Waals surface area contributed by atoms with Crippen molar-refractivity contribution >= 4 is 25.7 Å². The Morgan fingerprint density at radius 1 is 1.23 bits per heavy atom. The van der Waals surface area contributed by atoms with Gasteiger partial charge in [-0.05, 0) is 37.0 Å². The second-order valence-corrected chi connectivity index (χ2v) is 10.9. The summed E-state index contributed by atoms with van der Waals surface area (Å²) < 4.78 is 53.0. The van der Waals surface area contributed by atoms with Crippen molar-refractivity contribution in [3.63, 3.8) is 0 Å². The molecule has 0 radical (unpaired) electrons. The van der Waals surface area contributed by atoms with Crippen molar-refractivity contribution in [3.05, 3.63) is 41.6 Å². The molecule has 2 aromatic rings. The van der Waals surface area contributed by atoms with Crippen LogP contribution < -0.4 is 4.72 Å². The fraction of sp³-hybridized carbons (Fsp3) is 0.471. The Balaban J connectivity index is 1.88. The van der Waals surface area contributed by atoms with Crippen molar-refractivity contribution in [2.24, 2.45) is 0 Å². The average Bonchev–Trinajstić information content (AvgIpc) is 3.08. The number of hydrogen-bond acceptors (Lipinski definition) is 5. The highest BCUT2D eigenvalue weighted by molar-refractivity contribution is 7.92. The maximum Gasteiger partial charge on any atom is 0.263 e. The smallest absolute Gasteiger partial charge is 0.263 e. The molecular weight excluding hydrogens is 374 g/mol. The van der Waals surface area contributed by atoms with Gasteiger partial charge >= 0.3 is 0 Å². The molecule has 3 rings (SSSR count). The molecular formula is C17H23N3O4S2. The predicted molar refractivity (Wildman–Crippen MR) is 101 cm³/mol. The molecule has 1 aromatic carbocycles. The van der Waals surface area contributed by atoms with Gasteiger partial charge in [0, 0.05) is 6.07 Å². The third-order valence-electron chi connectivity index (χ3n) is 4.51. The second-order valence-electron chi connectivity index (χ2n) is 7.00. The summed E-state index contributed by atoms with van der Waals surface area (Å²) in [5.41, 5.74) is 1.68. The molecule has 0 unspecified atom stereocenters. The first kappa shape index (κ1) is 18.9. The second kappa shape index (κ2) is 6.70. The van der Waals surface area contributed by atoms with E-state index >= 15 is 0 Å². The van der Waals surface area contributed by atoms with E-state index in [-0.39, 0.29) is 28.3 Å². The van der Waals surface area contributed by atoms with Gasteiger partial charge in [-0.3, -0.25) is 4.72 Å². The number of sulfone groups is 1. The molecule has 0 bridgehead atoms. The van der Waals surface area contributed by atoms with Gasteiger partial charge in [0.2, 0.25) is 0 Å². The van der Waals surface area contributed by atoms with Crippen molar-refractivity contribution < 1.29 is 16.8 Å². The number of nitrogens with zero attached hydrogens (tertiary/aromatic N) is 2. The molecule has 26 heavy (non-hydrogen) atoms. The molecule has 7 nitrogen and oxygen atoms in total. The van der Waals surface area contributed by atoms with Crippen LogP contribution in [0.3, 0.4) is 0 Å². The van der Waals surface area contributed by atoms with Crippen molar-refractivity contribution in [2.75, 3.05) is 16.2 Å².